The molecule has 0 amide bonds. The Bertz CT molecular complexity index is 479. The van der Waals surface area contributed by atoms with Gasteiger partial charge in [0.15, 0.2) is 0 Å². The van der Waals surface area contributed by atoms with Crippen molar-refractivity contribution >= 4 is 22.6 Å². The maximum Gasteiger partial charge on any atom is 0.226 e. The minimum Gasteiger partial charge on any atom is -0.472 e. The molecule has 1 aromatic heterocycles. The van der Waals surface area contributed by atoms with Crippen LogP contribution < -0.4 is 4.74 Å². The molecule has 90 valence electrons. The van der Waals surface area contributed by atoms with Crippen molar-refractivity contribution in [3.8, 4) is 5.88 Å². The molecular formula is C13H15IN2O. The summed E-state index contributed by atoms with van der Waals surface area (Å²) < 4.78 is 8.80. The number of hydrogen-bond acceptors (Lipinski definition) is 2. The number of aromatic nitrogens is 2. The van der Waals surface area contributed by atoms with Crippen molar-refractivity contribution in [2.45, 2.75) is 26.5 Å². The van der Waals surface area contributed by atoms with Crippen molar-refractivity contribution in [3.05, 3.63) is 45.7 Å². The molecule has 4 heteroatoms. The van der Waals surface area contributed by atoms with E-state index < -0.39 is 0 Å². The standard InChI is InChI=1S/C13H15IN2O/c1-10(2)16-13(12(14)8-15-16)17-9-11-6-4-3-5-7-11/h3-8,10H,9H2,1-2H3. The van der Waals surface area contributed by atoms with Gasteiger partial charge < -0.3 is 4.74 Å². The van der Waals surface area contributed by atoms with Gasteiger partial charge in [0, 0.05) is 0 Å². The van der Waals surface area contributed by atoms with Crippen LogP contribution in [0.25, 0.3) is 0 Å². The van der Waals surface area contributed by atoms with Gasteiger partial charge in [0.1, 0.15) is 6.61 Å². The minimum absolute atomic E-state index is 0.310. The average Bonchev–Trinajstić information content (AvgIpc) is 2.69. The molecule has 0 N–H and O–H groups in total. The van der Waals surface area contributed by atoms with E-state index in [9.17, 15) is 0 Å². The second-order valence-electron chi connectivity index (χ2n) is 4.11. The first kappa shape index (κ1) is 12.4. The van der Waals surface area contributed by atoms with Crippen LogP contribution in [0.3, 0.4) is 0 Å². The Morgan fingerprint density at radius 2 is 2.00 bits per heavy atom. The quantitative estimate of drug-likeness (QED) is 0.793. The molecular weight excluding hydrogens is 327 g/mol. The molecule has 2 aromatic rings. The lowest BCUT2D eigenvalue weighted by atomic mass is 10.2. The van der Waals surface area contributed by atoms with Crippen molar-refractivity contribution in [2.75, 3.05) is 0 Å². The third-order valence-electron chi connectivity index (χ3n) is 2.42. The molecule has 0 saturated carbocycles. The molecule has 0 aliphatic rings. The summed E-state index contributed by atoms with van der Waals surface area (Å²) >= 11 is 2.25. The molecule has 0 saturated heterocycles. The van der Waals surface area contributed by atoms with Crippen LogP contribution in [-0.4, -0.2) is 9.78 Å². The Morgan fingerprint density at radius 3 is 2.65 bits per heavy atom. The highest BCUT2D eigenvalue weighted by molar-refractivity contribution is 14.1. The summed E-state index contributed by atoms with van der Waals surface area (Å²) in [6.45, 7) is 4.77. The van der Waals surface area contributed by atoms with Crippen LogP contribution in [0, 0.1) is 3.57 Å². The van der Waals surface area contributed by atoms with Crippen molar-refractivity contribution in [1.82, 2.24) is 9.78 Å². The number of halogens is 1. The lowest BCUT2D eigenvalue weighted by Gasteiger charge is -2.12. The monoisotopic (exact) mass is 342 g/mol. The molecule has 0 bridgehead atoms. The van der Waals surface area contributed by atoms with E-state index in [-0.39, 0.29) is 0 Å². The predicted octanol–water partition coefficient (Wildman–Crippen LogP) is 3.65. The fraction of sp³-hybridized carbons (Fsp3) is 0.308. The summed E-state index contributed by atoms with van der Waals surface area (Å²) in [5.74, 6) is 0.851. The maximum absolute atomic E-state index is 5.85. The normalized spacial score (nSPS) is 10.8. The summed E-state index contributed by atoms with van der Waals surface area (Å²) in [6.07, 6.45) is 1.83. The van der Waals surface area contributed by atoms with Crippen molar-refractivity contribution in [3.63, 3.8) is 0 Å². The molecule has 0 aliphatic heterocycles. The van der Waals surface area contributed by atoms with Crippen LogP contribution in [0.2, 0.25) is 0 Å². The molecule has 0 aliphatic carbocycles. The number of hydrogen-bond donors (Lipinski definition) is 0. The average molecular weight is 342 g/mol. The van der Waals surface area contributed by atoms with Gasteiger partial charge >= 0.3 is 0 Å². The van der Waals surface area contributed by atoms with E-state index in [1.54, 1.807) is 0 Å². The SMILES string of the molecule is CC(C)n1ncc(I)c1OCc1ccccc1. The third kappa shape index (κ3) is 3.00. The van der Waals surface area contributed by atoms with E-state index in [0.717, 1.165) is 9.45 Å². The van der Waals surface area contributed by atoms with Gasteiger partial charge in [0.2, 0.25) is 5.88 Å². The molecule has 1 heterocycles. The molecule has 17 heavy (non-hydrogen) atoms. The molecule has 0 radical (unpaired) electrons. The second kappa shape index (κ2) is 5.53. The van der Waals surface area contributed by atoms with E-state index in [2.05, 4.69) is 53.7 Å². The molecule has 0 spiro atoms. The number of nitrogens with zero attached hydrogens (tertiary/aromatic N) is 2. The van der Waals surface area contributed by atoms with E-state index in [1.807, 2.05) is 29.1 Å². The van der Waals surface area contributed by atoms with Crippen LogP contribution in [0.1, 0.15) is 25.5 Å². The number of benzene rings is 1. The second-order valence-corrected chi connectivity index (χ2v) is 5.27. The molecule has 3 nitrogen and oxygen atoms in total. The molecule has 1 aromatic carbocycles. The summed E-state index contributed by atoms with van der Waals surface area (Å²) in [5.41, 5.74) is 1.17. The van der Waals surface area contributed by atoms with Crippen molar-refractivity contribution < 1.29 is 4.74 Å². The smallest absolute Gasteiger partial charge is 0.226 e. The van der Waals surface area contributed by atoms with Crippen LogP contribution in [0.4, 0.5) is 0 Å². The first-order valence-corrected chi connectivity index (χ1v) is 6.66. The summed E-state index contributed by atoms with van der Waals surface area (Å²) in [5, 5.41) is 4.31. The summed E-state index contributed by atoms with van der Waals surface area (Å²) in [6, 6.07) is 10.5. The fourth-order valence-corrected chi connectivity index (χ4v) is 2.09. The zero-order valence-electron chi connectivity index (χ0n) is 9.93. The van der Waals surface area contributed by atoms with Gasteiger partial charge in [-0.3, -0.25) is 0 Å². The molecule has 0 unspecified atom stereocenters. The summed E-state index contributed by atoms with van der Waals surface area (Å²) in [4.78, 5) is 0. The minimum atomic E-state index is 0.310. The highest BCUT2D eigenvalue weighted by Crippen LogP contribution is 2.24. The van der Waals surface area contributed by atoms with Crippen molar-refractivity contribution in [2.24, 2.45) is 0 Å². The van der Waals surface area contributed by atoms with Gasteiger partial charge in [-0.15, -0.1) is 0 Å². The largest absolute Gasteiger partial charge is 0.472 e. The van der Waals surface area contributed by atoms with E-state index in [0.29, 0.717) is 12.6 Å². The first-order valence-electron chi connectivity index (χ1n) is 5.58. The Balaban J connectivity index is 2.11. The Kier molecular flexibility index (Phi) is 4.04. The molecule has 2 rings (SSSR count). The van der Waals surface area contributed by atoms with Crippen molar-refractivity contribution in [1.29, 1.82) is 0 Å². The third-order valence-corrected chi connectivity index (χ3v) is 3.16. The predicted molar refractivity (Wildman–Crippen MR) is 76.1 cm³/mol. The topological polar surface area (TPSA) is 27.1 Å². The first-order chi connectivity index (χ1) is 8.18. The van der Waals surface area contributed by atoms with Gasteiger partial charge in [-0.2, -0.15) is 5.10 Å². The summed E-state index contributed by atoms with van der Waals surface area (Å²) in [7, 11) is 0. The van der Waals surface area contributed by atoms with Crippen LogP contribution in [-0.2, 0) is 6.61 Å². The van der Waals surface area contributed by atoms with Gasteiger partial charge in [-0.05, 0) is 42.0 Å². The van der Waals surface area contributed by atoms with Gasteiger partial charge in [0.25, 0.3) is 0 Å². The van der Waals surface area contributed by atoms with Gasteiger partial charge in [-0.1, -0.05) is 30.3 Å². The molecule has 0 atom stereocenters. The zero-order valence-corrected chi connectivity index (χ0v) is 12.1. The lowest BCUT2D eigenvalue weighted by Crippen LogP contribution is -2.07. The van der Waals surface area contributed by atoms with E-state index in [4.69, 9.17) is 4.74 Å². The molecule has 0 fully saturated rings. The van der Waals surface area contributed by atoms with Gasteiger partial charge in [-0.25, -0.2) is 4.68 Å². The van der Waals surface area contributed by atoms with Gasteiger partial charge in [0.05, 0.1) is 15.8 Å². The maximum atomic E-state index is 5.85. The highest BCUT2D eigenvalue weighted by Gasteiger charge is 2.12. The highest BCUT2D eigenvalue weighted by atomic mass is 127. The zero-order chi connectivity index (χ0) is 12.3. The van der Waals surface area contributed by atoms with Crippen LogP contribution >= 0.6 is 22.6 Å². The van der Waals surface area contributed by atoms with E-state index in [1.165, 1.54) is 5.56 Å². The van der Waals surface area contributed by atoms with Crippen LogP contribution in [0.5, 0.6) is 5.88 Å². The van der Waals surface area contributed by atoms with E-state index >= 15 is 0 Å². The Morgan fingerprint density at radius 1 is 1.29 bits per heavy atom. The number of rotatable bonds is 4. The Labute approximate surface area is 115 Å². The Hall–Kier alpha value is -1.04. The fourth-order valence-electron chi connectivity index (χ4n) is 1.56. The lowest BCUT2D eigenvalue weighted by molar-refractivity contribution is 0.263. The van der Waals surface area contributed by atoms with Crippen LogP contribution in [0.15, 0.2) is 36.5 Å². The number of ether oxygens (including phenoxy) is 1.